The van der Waals surface area contributed by atoms with Gasteiger partial charge in [-0.2, -0.15) is 0 Å². The van der Waals surface area contributed by atoms with Gasteiger partial charge in [0.05, 0.1) is 0 Å². The van der Waals surface area contributed by atoms with E-state index in [-0.39, 0.29) is 5.78 Å². The summed E-state index contributed by atoms with van der Waals surface area (Å²) in [5.41, 5.74) is 7.74. The Bertz CT molecular complexity index is 923. The van der Waals surface area contributed by atoms with Crippen molar-refractivity contribution in [1.82, 2.24) is 0 Å². The van der Waals surface area contributed by atoms with Crippen LogP contribution in [0.1, 0.15) is 38.2 Å². The van der Waals surface area contributed by atoms with Crippen LogP contribution >= 0.6 is 0 Å². The molecule has 0 heterocycles. The van der Waals surface area contributed by atoms with Crippen molar-refractivity contribution in [3.8, 4) is 0 Å². The lowest BCUT2D eigenvalue weighted by molar-refractivity contribution is 0.103. The summed E-state index contributed by atoms with van der Waals surface area (Å²) >= 11 is 0. The van der Waals surface area contributed by atoms with Crippen molar-refractivity contribution in [3.05, 3.63) is 94.0 Å². The Morgan fingerprint density at radius 2 is 1.44 bits per heavy atom. The van der Waals surface area contributed by atoms with E-state index < -0.39 is 0 Å². The summed E-state index contributed by atoms with van der Waals surface area (Å²) in [7, 11) is 0. The summed E-state index contributed by atoms with van der Waals surface area (Å²) in [6.45, 7) is 8.05. The van der Waals surface area contributed by atoms with Gasteiger partial charge in [0.25, 0.3) is 0 Å². The summed E-state index contributed by atoms with van der Waals surface area (Å²) in [4.78, 5) is 13.1. The minimum Gasteiger partial charge on any atom is -0.355 e. The third kappa shape index (κ3) is 3.48. The summed E-state index contributed by atoms with van der Waals surface area (Å²) < 4.78 is 0. The van der Waals surface area contributed by atoms with Gasteiger partial charge >= 0.3 is 0 Å². The monoisotopic (exact) mass is 329 g/mol. The number of benzene rings is 3. The lowest BCUT2D eigenvalue weighted by atomic mass is 9.92. The molecule has 126 valence electrons. The van der Waals surface area contributed by atoms with Gasteiger partial charge in [-0.05, 0) is 62.6 Å². The Kier molecular flexibility index (Phi) is 4.71. The SMILES string of the molecule is Cc1ccc(Nc2ccc(C)c(C(=O)c3ccccc3C)c2C)cc1. The fourth-order valence-corrected chi connectivity index (χ4v) is 3.09. The molecule has 0 fully saturated rings. The molecule has 3 rings (SSSR count). The zero-order valence-electron chi connectivity index (χ0n) is 15.2. The van der Waals surface area contributed by atoms with Gasteiger partial charge in [0.1, 0.15) is 0 Å². The lowest BCUT2D eigenvalue weighted by Crippen LogP contribution is -2.09. The van der Waals surface area contributed by atoms with E-state index in [1.165, 1.54) is 5.56 Å². The highest BCUT2D eigenvalue weighted by atomic mass is 16.1. The van der Waals surface area contributed by atoms with Crippen LogP contribution in [0.15, 0.2) is 60.7 Å². The van der Waals surface area contributed by atoms with E-state index in [9.17, 15) is 4.79 Å². The topological polar surface area (TPSA) is 29.1 Å². The van der Waals surface area contributed by atoms with Crippen LogP contribution in [0.3, 0.4) is 0 Å². The lowest BCUT2D eigenvalue weighted by Gasteiger charge is -2.16. The number of rotatable bonds is 4. The maximum absolute atomic E-state index is 13.1. The standard InChI is InChI=1S/C23H23NO/c1-15-9-12-19(13-10-15)24-21-14-11-17(3)22(18(21)4)23(25)20-8-6-5-7-16(20)2/h5-14,24H,1-4H3. The van der Waals surface area contributed by atoms with Crippen molar-refractivity contribution in [2.75, 3.05) is 5.32 Å². The zero-order chi connectivity index (χ0) is 18.0. The third-order valence-corrected chi connectivity index (χ3v) is 4.62. The van der Waals surface area contributed by atoms with Gasteiger partial charge in [-0.15, -0.1) is 0 Å². The predicted molar refractivity (Wildman–Crippen MR) is 105 cm³/mol. The predicted octanol–water partition coefficient (Wildman–Crippen LogP) is 5.89. The van der Waals surface area contributed by atoms with E-state index in [1.807, 2.05) is 57.2 Å². The van der Waals surface area contributed by atoms with Crippen molar-refractivity contribution >= 4 is 17.2 Å². The average Bonchev–Trinajstić information content (AvgIpc) is 2.59. The Labute approximate surface area is 149 Å². The molecule has 0 spiro atoms. The van der Waals surface area contributed by atoms with Gasteiger partial charge in [0.2, 0.25) is 0 Å². The van der Waals surface area contributed by atoms with Crippen LogP contribution in [-0.4, -0.2) is 5.78 Å². The van der Waals surface area contributed by atoms with Crippen molar-refractivity contribution in [3.63, 3.8) is 0 Å². The zero-order valence-corrected chi connectivity index (χ0v) is 15.2. The average molecular weight is 329 g/mol. The molecule has 0 aliphatic rings. The second-order valence-corrected chi connectivity index (χ2v) is 6.57. The smallest absolute Gasteiger partial charge is 0.193 e. The fraction of sp³-hybridized carbons (Fsp3) is 0.174. The van der Waals surface area contributed by atoms with E-state index in [2.05, 4.69) is 36.5 Å². The van der Waals surface area contributed by atoms with Crippen LogP contribution in [0.2, 0.25) is 0 Å². The van der Waals surface area contributed by atoms with Gasteiger partial charge in [0, 0.05) is 22.5 Å². The molecule has 2 nitrogen and oxygen atoms in total. The van der Waals surface area contributed by atoms with Crippen LogP contribution in [0, 0.1) is 27.7 Å². The second-order valence-electron chi connectivity index (χ2n) is 6.57. The first-order valence-electron chi connectivity index (χ1n) is 8.51. The van der Waals surface area contributed by atoms with Crippen LogP contribution < -0.4 is 5.32 Å². The molecule has 0 amide bonds. The molecule has 0 aromatic heterocycles. The highest BCUT2D eigenvalue weighted by Gasteiger charge is 2.18. The maximum Gasteiger partial charge on any atom is 0.193 e. The molecule has 0 saturated heterocycles. The van der Waals surface area contributed by atoms with Gasteiger partial charge in [-0.1, -0.05) is 48.0 Å². The quantitative estimate of drug-likeness (QED) is 0.604. The molecule has 2 heteroatoms. The number of carbonyl (C=O) groups excluding carboxylic acids is 1. The van der Waals surface area contributed by atoms with Crippen molar-refractivity contribution in [2.24, 2.45) is 0 Å². The van der Waals surface area contributed by atoms with Gasteiger partial charge in [0.15, 0.2) is 5.78 Å². The molecule has 0 saturated carbocycles. The minimum atomic E-state index is 0.0839. The van der Waals surface area contributed by atoms with Crippen molar-refractivity contribution in [2.45, 2.75) is 27.7 Å². The largest absolute Gasteiger partial charge is 0.355 e. The molecular weight excluding hydrogens is 306 g/mol. The van der Waals surface area contributed by atoms with Gasteiger partial charge < -0.3 is 5.32 Å². The van der Waals surface area contributed by atoms with E-state index in [0.29, 0.717) is 0 Å². The molecular formula is C23H23NO. The van der Waals surface area contributed by atoms with Crippen molar-refractivity contribution in [1.29, 1.82) is 0 Å². The Hall–Kier alpha value is -2.87. The first-order valence-corrected chi connectivity index (χ1v) is 8.51. The normalized spacial score (nSPS) is 10.6. The number of aryl methyl sites for hydroxylation is 3. The number of hydrogen-bond donors (Lipinski definition) is 1. The number of carbonyl (C=O) groups is 1. The first-order chi connectivity index (χ1) is 12.0. The highest BCUT2D eigenvalue weighted by Crippen LogP contribution is 2.28. The van der Waals surface area contributed by atoms with E-state index in [4.69, 9.17) is 0 Å². The number of hydrogen-bond acceptors (Lipinski definition) is 2. The number of ketones is 1. The second kappa shape index (κ2) is 6.94. The molecule has 25 heavy (non-hydrogen) atoms. The minimum absolute atomic E-state index is 0.0839. The first kappa shape index (κ1) is 17.0. The molecule has 0 bridgehead atoms. The Morgan fingerprint density at radius 1 is 0.760 bits per heavy atom. The summed E-state index contributed by atoms with van der Waals surface area (Å²) in [6, 6.07) is 20.1. The third-order valence-electron chi connectivity index (χ3n) is 4.62. The van der Waals surface area contributed by atoms with E-state index in [0.717, 1.165) is 39.2 Å². The number of nitrogens with one attached hydrogen (secondary N) is 1. The van der Waals surface area contributed by atoms with Gasteiger partial charge in [-0.25, -0.2) is 0 Å². The highest BCUT2D eigenvalue weighted by molar-refractivity contribution is 6.12. The number of anilines is 2. The molecule has 0 radical (unpaired) electrons. The van der Waals surface area contributed by atoms with Crippen LogP contribution in [-0.2, 0) is 0 Å². The van der Waals surface area contributed by atoms with Gasteiger partial charge in [-0.3, -0.25) is 4.79 Å². The van der Waals surface area contributed by atoms with E-state index in [1.54, 1.807) is 0 Å². The van der Waals surface area contributed by atoms with Crippen LogP contribution in [0.4, 0.5) is 11.4 Å². The summed E-state index contributed by atoms with van der Waals surface area (Å²) in [5.74, 6) is 0.0839. The maximum atomic E-state index is 13.1. The molecule has 1 N–H and O–H groups in total. The molecule has 0 aliphatic heterocycles. The summed E-state index contributed by atoms with van der Waals surface area (Å²) in [5, 5.41) is 3.44. The van der Waals surface area contributed by atoms with Crippen LogP contribution in [0.5, 0.6) is 0 Å². The molecule has 0 aliphatic carbocycles. The van der Waals surface area contributed by atoms with Crippen molar-refractivity contribution < 1.29 is 4.79 Å². The Balaban J connectivity index is 2.02. The van der Waals surface area contributed by atoms with E-state index >= 15 is 0 Å². The Morgan fingerprint density at radius 3 is 2.12 bits per heavy atom. The summed E-state index contributed by atoms with van der Waals surface area (Å²) in [6.07, 6.45) is 0. The molecule has 3 aromatic carbocycles. The molecule has 0 unspecified atom stereocenters. The van der Waals surface area contributed by atoms with Crippen LogP contribution in [0.25, 0.3) is 0 Å². The molecule has 0 atom stereocenters. The molecule has 3 aromatic rings. The fourth-order valence-electron chi connectivity index (χ4n) is 3.09.